The summed E-state index contributed by atoms with van der Waals surface area (Å²) in [6.07, 6.45) is -0.591. The number of amides is 3. The van der Waals surface area contributed by atoms with Crippen molar-refractivity contribution >= 4 is 58.4 Å². The fourth-order valence-corrected chi connectivity index (χ4v) is 5.44. The molecule has 336 valence electrons. The predicted octanol–water partition coefficient (Wildman–Crippen LogP) is 5.68. The third-order valence-corrected chi connectivity index (χ3v) is 8.60. The van der Waals surface area contributed by atoms with E-state index in [4.69, 9.17) is 14.2 Å². The number of hydrogen-bond donors (Lipinski definition) is 4. The van der Waals surface area contributed by atoms with E-state index in [1.54, 1.807) is 67.5 Å². The minimum atomic E-state index is -1.35. The zero-order valence-electron chi connectivity index (χ0n) is 36.5. The number of ether oxygens (including phenoxy) is 3. The lowest BCUT2D eigenvalue weighted by Gasteiger charge is -2.28. The maximum atomic E-state index is 13.6. The molecule has 0 aliphatic carbocycles. The zero-order valence-corrected chi connectivity index (χ0v) is 36.5. The molecule has 0 radical (unpaired) electrons. The Morgan fingerprint density at radius 2 is 1.36 bits per heavy atom. The number of rotatable bonds is 24. The molecular formula is C42H61N7O12. The van der Waals surface area contributed by atoms with Crippen LogP contribution < -0.4 is 20.9 Å². The van der Waals surface area contributed by atoms with Crippen molar-refractivity contribution < 1.29 is 53.0 Å². The smallest absolute Gasteiger partial charge is 0.326 e. The molecule has 2 aromatic carbocycles. The Labute approximate surface area is 356 Å². The summed E-state index contributed by atoms with van der Waals surface area (Å²) in [5.74, 6) is -5.09. The number of nitrogens with one attached hydrogen (secondary N) is 3. The molecule has 0 spiro atoms. The summed E-state index contributed by atoms with van der Waals surface area (Å²) in [6, 6.07) is 9.00. The van der Waals surface area contributed by atoms with Crippen molar-refractivity contribution in [3.63, 3.8) is 0 Å². The Kier molecular flexibility index (Phi) is 20.4. The van der Waals surface area contributed by atoms with Gasteiger partial charge in [0.15, 0.2) is 0 Å². The lowest BCUT2D eigenvalue weighted by Crippen LogP contribution is -2.58. The number of nitro benzene ring substituents is 1. The first-order chi connectivity index (χ1) is 28.5. The van der Waals surface area contributed by atoms with E-state index in [2.05, 4.69) is 26.2 Å². The van der Waals surface area contributed by atoms with Crippen molar-refractivity contribution in [1.82, 2.24) is 16.0 Å². The number of carboxylic acid groups (broad SMARTS) is 1. The molecular weight excluding hydrogens is 794 g/mol. The van der Waals surface area contributed by atoms with Crippen LogP contribution in [-0.2, 0) is 43.0 Å². The van der Waals surface area contributed by atoms with Crippen LogP contribution in [0.2, 0.25) is 0 Å². The Bertz CT molecular complexity index is 1820. The van der Waals surface area contributed by atoms with E-state index in [9.17, 15) is 44.0 Å². The number of esters is 2. The third-order valence-electron chi connectivity index (χ3n) is 8.60. The van der Waals surface area contributed by atoms with Gasteiger partial charge in [-0.3, -0.25) is 34.1 Å². The van der Waals surface area contributed by atoms with Gasteiger partial charge in [0.05, 0.1) is 35.1 Å². The number of anilines is 1. The number of azo groups is 1. The Morgan fingerprint density at radius 3 is 1.87 bits per heavy atom. The van der Waals surface area contributed by atoms with Crippen molar-refractivity contribution in [3.05, 3.63) is 58.6 Å². The Balaban J connectivity index is 1.99. The number of carboxylic acids is 1. The molecule has 2 aromatic rings. The van der Waals surface area contributed by atoms with Gasteiger partial charge in [-0.1, -0.05) is 13.8 Å². The average Bonchev–Trinajstić information content (AvgIpc) is 3.16. The minimum Gasteiger partial charge on any atom is -0.480 e. The summed E-state index contributed by atoms with van der Waals surface area (Å²) in [7, 11) is 0. The summed E-state index contributed by atoms with van der Waals surface area (Å²) >= 11 is 0. The standard InChI is InChI=1S/C42H61N7O12/c1-10-48(30-18-14-28(15-19-30)46-47-29-16-20-31(21-17-29)49(57)58)24-25-59-35(51)13-11-12-34(50)43-32(22-23-36(52)61-42(7,8)9)38(53)44-33(26-60-41(4,5)6)39(54)45-37(27(2)3)40(55)56/h14-21,27,32-33,37H,10-13,22-26H2,1-9H3,(H,43,50)(H,44,53)(H,45,54)(H,55,56)/t32-,33-,37-/m1/s1. The van der Waals surface area contributed by atoms with Crippen LogP contribution in [0.4, 0.5) is 22.7 Å². The first-order valence-electron chi connectivity index (χ1n) is 20.1. The van der Waals surface area contributed by atoms with Gasteiger partial charge in [-0.05, 0) is 104 Å². The quantitative estimate of drug-likeness (QED) is 0.0429. The Morgan fingerprint density at radius 1 is 0.787 bits per heavy atom. The number of carbonyl (C=O) groups is 6. The van der Waals surface area contributed by atoms with Crippen molar-refractivity contribution in [2.24, 2.45) is 16.1 Å². The van der Waals surface area contributed by atoms with E-state index in [-0.39, 0.29) is 51.0 Å². The number of nitrogens with zero attached hydrogens (tertiary/aromatic N) is 4. The van der Waals surface area contributed by atoms with E-state index >= 15 is 0 Å². The summed E-state index contributed by atoms with van der Waals surface area (Å²) in [4.78, 5) is 89.3. The van der Waals surface area contributed by atoms with Gasteiger partial charge in [0.1, 0.15) is 30.3 Å². The molecule has 0 heterocycles. The number of likely N-dealkylation sites (N-methyl/N-ethyl adjacent to an activating group) is 1. The van der Waals surface area contributed by atoms with Gasteiger partial charge in [-0.2, -0.15) is 10.2 Å². The van der Waals surface area contributed by atoms with E-state index in [1.165, 1.54) is 24.3 Å². The van der Waals surface area contributed by atoms with E-state index in [0.29, 0.717) is 24.5 Å². The van der Waals surface area contributed by atoms with Crippen LogP contribution in [-0.4, -0.2) is 101 Å². The number of non-ortho nitro benzene ring substituents is 1. The van der Waals surface area contributed by atoms with Crippen molar-refractivity contribution in [3.8, 4) is 0 Å². The number of carbonyl (C=O) groups excluding carboxylic acids is 5. The normalized spacial score (nSPS) is 13.1. The van der Waals surface area contributed by atoms with Gasteiger partial charge < -0.3 is 40.2 Å². The molecule has 0 aromatic heterocycles. The van der Waals surface area contributed by atoms with E-state index in [1.807, 2.05) is 24.0 Å². The van der Waals surface area contributed by atoms with Crippen molar-refractivity contribution in [1.29, 1.82) is 0 Å². The molecule has 0 bridgehead atoms. The molecule has 61 heavy (non-hydrogen) atoms. The lowest BCUT2D eigenvalue weighted by molar-refractivity contribution is -0.384. The number of aliphatic carboxylic acids is 1. The maximum Gasteiger partial charge on any atom is 0.326 e. The first kappa shape index (κ1) is 51.2. The predicted molar refractivity (Wildman–Crippen MR) is 225 cm³/mol. The molecule has 19 nitrogen and oxygen atoms in total. The Hall–Kier alpha value is -5.98. The van der Waals surface area contributed by atoms with Gasteiger partial charge in [-0.15, -0.1) is 0 Å². The van der Waals surface area contributed by atoms with Crippen LogP contribution >= 0.6 is 0 Å². The van der Waals surface area contributed by atoms with Gasteiger partial charge in [0.25, 0.3) is 5.69 Å². The zero-order chi connectivity index (χ0) is 45.9. The second-order valence-corrected chi connectivity index (χ2v) is 16.4. The molecule has 4 N–H and O–H groups in total. The summed E-state index contributed by atoms with van der Waals surface area (Å²) in [6.45, 7) is 16.2. The van der Waals surface area contributed by atoms with Crippen LogP contribution in [0, 0.1) is 16.0 Å². The highest BCUT2D eigenvalue weighted by molar-refractivity contribution is 5.93. The summed E-state index contributed by atoms with van der Waals surface area (Å²) in [5, 5.41) is 36.3. The largest absolute Gasteiger partial charge is 0.480 e. The van der Waals surface area contributed by atoms with Crippen molar-refractivity contribution in [2.75, 3.05) is 31.2 Å². The van der Waals surface area contributed by atoms with E-state index in [0.717, 1.165) is 5.69 Å². The average molecular weight is 856 g/mol. The first-order valence-corrected chi connectivity index (χ1v) is 20.1. The second kappa shape index (κ2) is 24.3. The topological polar surface area (TPSA) is 258 Å². The molecule has 0 saturated carbocycles. The third kappa shape index (κ3) is 20.2. The van der Waals surface area contributed by atoms with E-state index < -0.39 is 75.8 Å². The molecule has 19 heteroatoms. The van der Waals surface area contributed by atoms with Crippen LogP contribution in [0.3, 0.4) is 0 Å². The molecule has 3 amide bonds. The van der Waals surface area contributed by atoms with Gasteiger partial charge >= 0.3 is 17.9 Å². The summed E-state index contributed by atoms with van der Waals surface area (Å²) in [5.41, 5.74) is 0.315. The molecule has 3 atom stereocenters. The number of hydrogen-bond acceptors (Lipinski definition) is 14. The monoisotopic (exact) mass is 855 g/mol. The molecule has 0 unspecified atom stereocenters. The van der Waals surface area contributed by atoms with Crippen molar-refractivity contribution in [2.45, 2.75) is 124 Å². The van der Waals surface area contributed by atoms with Crippen LogP contribution in [0.1, 0.15) is 94.4 Å². The highest BCUT2D eigenvalue weighted by Crippen LogP contribution is 2.24. The van der Waals surface area contributed by atoms with Gasteiger partial charge in [0.2, 0.25) is 17.7 Å². The maximum absolute atomic E-state index is 13.6. The molecule has 0 aliphatic heterocycles. The lowest BCUT2D eigenvalue weighted by atomic mass is 10.0. The molecule has 2 rings (SSSR count). The summed E-state index contributed by atoms with van der Waals surface area (Å²) < 4.78 is 16.5. The second-order valence-electron chi connectivity index (χ2n) is 16.4. The fourth-order valence-electron chi connectivity index (χ4n) is 5.44. The SMILES string of the molecule is CCN(CCOC(=O)CCCC(=O)N[C@H](CCC(=O)OC(C)(C)C)C(=O)N[C@H](COC(C)(C)C)C(=O)N[C@@H](C(=O)O)C(C)C)c1ccc(N=Nc2ccc([N+](=O)[O-])cc2)cc1. The highest BCUT2D eigenvalue weighted by Gasteiger charge is 2.32. The molecule has 0 fully saturated rings. The minimum absolute atomic E-state index is 0.0425. The fraction of sp³-hybridized carbons (Fsp3) is 0.571. The van der Waals surface area contributed by atoms with Gasteiger partial charge in [-0.25, -0.2) is 4.79 Å². The van der Waals surface area contributed by atoms with Crippen LogP contribution in [0.5, 0.6) is 0 Å². The van der Waals surface area contributed by atoms with Gasteiger partial charge in [0, 0.05) is 43.6 Å². The highest BCUT2D eigenvalue weighted by atomic mass is 16.6. The number of benzene rings is 2. The molecule has 0 saturated heterocycles. The molecule has 0 aliphatic rings. The van der Waals surface area contributed by atoms with Crippen LogP contribution in [0.25, 0.3) is 0 Å². The number of nitro groups is 1. The van der Waals surface area contributed by atoms with Crippen LogP contribution in [0.15, 0.2) is 58.8 Å².